The van der Waals surface area contributed by atoms with Crippen molar-refractivity contribution in [2.24, 2.45) is 0 Å². The zero-order valence-electron chi connectivity index (χ0n) is 12.2. The Balaban J connectivity index is 0.00000176. The predicted molar refractivity (Wildman–Crippen MR) is 87.3 cm³/mol. The summed E-state index contributed by atoms with van der Waals surface area (Å²) in [7, 11) is 0. The molecule has 1 aromatic heterocycles. The number of carbonyl (C=O) groups is 1. The van der Waals surface area contributed by atoms with Crippen LogP contribution >= 0.6 is 12.4 Å². The molecule has 5 nitrogen and oxygen atoms in total. The van der Waals surface area contributed by atoms with Crippen molar-refractivity contribution in [2.45, 2.75) is 19.5 Å². The number of anilines is 1. The lowest BCUT2D eigenvalue weighted by Crippen LogP contribution is -2.26. The van der Waals surface area contributed by atoms with E-state index in [1.54, 1.807) is 6.20 Å². The number of ether oxygens (including phenoxy) is 1. The van der Waals surface area contributed by atoms with Gasteiger partial charge in [-0.25, -0.2) is 0 Å². The van der Waals surface area contributed by atoms with E-state index in [2.05, 4.69) is 22.5 Å². The van der Waals surface area contributed by atoms with E-state index in [1.165, 1.54) is 0 Å². The molecule has 0 radical (unpaired) electrons. The summed E-state index contributed by atoms with van der Waals surface area (Å²) in [4.78, 5) is 15.6. The van der Waals surface area contributed by atoms with Crippen LogP contribution in [0.25, 0.3) is 0 Å². The molecule has 0 saturated carbocycles. The largest absolute Gasteiger partial charge is 0.482 e. The average Bonchev–Trinajstić information content (AvgIpc) is 2.53. The number of hydrogen-bond donors (Lipinski definition) is 2. The van der Waals surface area contributed by atoms with Gasteiger partial charge in [0.25, 0.3) is 5.91 Å². The first kappa shape index (κ1) is 16.3. The molecule has 1 amide bonds. The third-order valence-corrected chi connectivity index (χ3v) is 3.45. The Morgan fingerprint density at radius 2 is 2.23 bits per heavy atom. The lowest BCUT2D eigenvalue weighted by molar-refractivity contribution is -0.118. The number of benzene rings is 1. The SMILES string of the molecule is CC(NCc1ccccn1)c1ccc2c(c1)NC(=O)CO2.Cl. The maximum atomic E-state index is 11.4. The van der Waals surface area contributed by atoms with Crippen LogP contribution in [0.2, 0.25) is 0 Å². The summed E-state index contributed by atoms with van der Waals surface area (Å²) in [5, 5.41) is 6.24. The van der Waals surface area contributed by atoms with Crippen LogP contribution < -0.4 is 15.4 Å². The lowest BCUT2D eigenvalue weighted by Gasteiger charge is -2.21. The first-order valence-electron chi connectivity index (χ1n) is 6.92. The molecule has 0 bridgehead atoms. The molecule has 1 atom stereocenters. The molecule has 3 rings (SSSR count). The fraction of sp³-hybridized carbons (Fsp3) is 0.250. The second-order valence-corrected chi connectivity index (χ2v) is 5.02. The maximum Gasteiger partial charge on any atom is 0.262 e. The molecule has 0 fully saturated rings. The second kappa shape index (κ2) is 7.24. The quantitative estimate of drug-likeness (QED) is 0.909. The number of rotatable bonds is 4. The molecule has 6 heteroatoms. The van der Waals surface area contributed by atoms with Crippen molar-refractivity contribution in [1.29, 1.82) is 0 Å². The first-order valence-corrected chi connectivity index (χ1v) is 6.92. The number of fused-ring (bicyclic) bond motifs is 1. The molecule has 2 N–H and O–H groups in total. The molecule has 2 aromatic rings. The lowest BCUT2D eigenvalue weighted by atomic mass is 10.1. The first-order chi connectivity index (χ1) is 10.2. The molecule has 1 aliphatic heterocycles. The monoisotopic (exact) mass is 319 g/mol. The Bertz CT molecular complexity index is 649. The Morgan fingerprint density at radius 1 is 1.36 bits per heavy atom. The number of carbonyl (C=O) groups excluding carboxylic acids is 1. The number of nitrogens with zero attached hydrogens (tertiary/aromatic N) is 1. The van der Waals surface area contributed by atoms with Gasteiger partial charge in [0, 0.05) is 18.8 Å². The van der Waals surface area contributed by atoms with Gasteiger partial charge in [0.15, 0.2) is 6.61 Å². The Kier molecular flexibility index (Phi) is 5.35. The molecular formula is C16H18ClN3O2. The molecule has 0 spiro atoms. The summed E-state index contributed by atoms with van der Waals surface area (Å²) in [6.45, 7) is 2.86. The van der Waals surface area contributed by atoms with E-state index in [1.807, 2.05) is 36.4 Å². The van der Waals surface area contributed by atoms with Gasteiger partial charge in [-0.05, 0) is 36.8 Å². The van der Waals surface area contributed by atoms with Crippen molar-refractivity contribution in [2.75, 3.05) is 11.9 Å². The van der Waals surface area contributed by atoms with Crippen molar-refractivity contribution in [3.63, 3.8) is 0 Å². The van der Waals surface area contributed by atoms with Crippen molar-refractivity contribution >= 4 is 24.0 Å². The molecule has 1 aromatic carbocycles. The number of halogens is 1. The average molecular weight is 320 g/mol. The van der Waals surface area contributed by atoms with E-state index in [9.17, 15) is 4.79 Å². The summed E-state index contributed by atoms with van der Waals surface area (Å²) >= 11 is 0. The number of amides is 1. The molecule has 1 unspecified atom stereocenters. The minimum atomic E-state index is -0.117. The fourth-order valence-electron chi connectivity index (χ4n) is 2.25. The molecule has 0 saturated heterocycles. The number of nitrogens with one attached hydrogen (secondary N) is 2. The Labute approximate surface area is 135 Å². The number of hydrogen-bond acceptors (Lipinski definition) is 4. The standard InChI is InChI=1S/C16H17N3O2.ClH/c1-11(18-9-13-4-2-3-7-17-13)12-5-6-15-14(8-12)19-16(20)10-21-15;/h2-8,11,18H,9-10H2,1H3,(H,19,20);1H. The molecule has 1 aliphatic rings. The van der Waals surface area contributed by atoms with Crippen molar-refractivity contribution in [1.82, 2.24) is 10.3 Å². The third-order valence-electron chi connectivity index (χ3n) is 3.45. The highest BCUT2D eigenvalue weighted by molar-refractivity contribution is 5.95. The number of pyridine rings is 1. The van der Waals surface area contributed by atoms with E-state index in [0.29, 0.717) is 6.54 Å². The molecular weight excluding hydrogens is 302 g/mol. The van der Waals surface area contributed by atoms with Gasteiger partial charge in [0.1, 0.15) is 5.75 Å². The van der Waals surface area contributed by atoms with E-state index in [-0.39, 0.29) is 31.0 Å². The normalized spacial score (nSPS) is 14.1. The highest BCUT2D eigenvalue weighted by Gasteiger charge is 2.17. The highest BCUT2D eigenvalue weighted by Crippen LogP contribution is 2.30. The second-order valence-electron chi connectivity index (χ2n) is 5.02. The fourth-order valence-corrected chi connectivity index (χ4v) is 2.25. The van der Waals surface area contributed by atoms with Gasteiger partial charge >= 0.3 is 0 Å². The summed E-state index contributed by atoms with van der Waals surface area (Å²) in [5.41, 5.74) is 2.82. The zero-order chi connectivity index (χ0) is 14.7. The topological polar surface area (TPSA) is 63.2 Å². The van der Waals surface area contributed by atoms with Crippen LogP contribution in [0.4, 0.5) is 5.69 Å². The third kappa shape index (κ3) is 3.75. The van der Waals surface area contributed by atoms with E-state index >= 15 is 0 Å². The van der Waals surface area contributed by atoms with Gasteiger partial charge in [0.05, 0.1) is 11.4 Å². The summed E-state index contributed by atoms with van der Waals surface area (Å²) in [5.74, 6) is 0.601. The highest BCUT2D eigenvalue weighted by atomic mass is 35.5. The van der Waals surface area contributed by atoms with Crippen LogP contribution in [0.1, 0.15) is 24.2 Å². The Morgan fingerprint density at radius 3 is 3.00 bits per heavy atom. The predicted octanol–water partition coefficient (Wildman–Crippen LogP) is 2.69. The molecule has 116 valence electrons. The maximum absolute atomic E-state index is 11.4. The van der Waals surface area contributed by atoms with Gasteiger partial charge in [0.2, 0.25) is 0 Å². The van der Waals surface area contributed by atoms with Crippen molar-refractivity contribution in [3.8, 4) is 5.75 Å². The number of aromatic nitrogens is 1. The van der Waals surface area contributed by atoms with E-state index in [4.69, 9.17) is 4.74 Å². The van der Waals surface area contributed by atoms with Crippen LogP contribution in [0.3, 0.4) is 0 Å². The minimum Gasteiger partial charge on any atom is -0.482 e. The summed E-state index contributed by atoms with van der Waals surface area (Å²) in [6.07, 6.45) is 1.79. The zero-order valence-corrected chi connectivity index (χ0v) is 13.0. The van der Waals surface area contributed by atoms with Crippen molar-refractivity contribution < 1.29 is 9.53 Å². The van der Waals surface area contributed by atoms with E-state index in [0.717, 1.165) is 22.7 Å². The van der Waals surface area contributed by atoms with Crippen LogP contribution in [-0.2, 0) is 11.3 Å². The van der Waals surface area contributed by atoms with Crippen LogP contribution in [0.15, 0.2) is 42.6 Å². The molecule has 0 aliphatic carbocycles. The summed E-state index contributed by atoms with van der Waals surface area (Å²) < 4.78 is 5.36. The molecule has 22 heavy (non-hydrogen) atoms. The van der Waals surface area contributed by atoms with Gasteiger partial charge in [-0.3, -0.25) is 9.78 Å². The van der Waals surface area contributed by atoms with Gasteiger partial charge < -0.3 is 15.4 Å². The van der Waals surface area contributed by atoms with Gasteiger partial charge in [-0.1, -0.05) is 12.1 Å². The van der Waals surface area contributed by atoms with E-state index < -0.39 is 0 Å². The van der Waals surface area contributed by atoms with Crippen molar-refractivity contribution in [3.05, 3.63) is 53.9 Å². The van der Waals surface area contributed by atoms with Crippen LogP contribution in [-0.4, -0.2) is 17.5 Å². The van der Waals surface area contributed by atoms with Gasteiger partial charge in [-0.2, -0.15) is 0 Å². The van der Waals surface area contributed by atoms with Crippen LogP contribution in [0.5, 0.6) is 5.75 Å². The van der Waals surface area contributed by atoms with Gasteiger partial charge in [-0.15, -0.1) is 12.4 Å². The molecule has 2 heterocycles. The Hall–Kier alpha value is -2.11. The smallest absolute Gasteiger partial charge is 0.262 e. The minimum absolute atomic E-state index is 0. The summed E-state index contributed by atoms with van der Waals surface area (Å²) in [6, 6.07) is 11.9. The van der Waals surface area contributed by atoms with Crippen LogP contribution in [0, 0.1) is 0 Å².